The minimum absolute atomic E-state index is 0.132. The lowest BCUT2D eigenvalue weighted by atomic mass is 10.1. The molecule has 0 amide bonds. The van der Waals surface area contributed by atoms with E-state index >= 15 is 0 Å². The van der Waals surface area contributed by atoms with Crippen molar-refractivity contribution in [3.8, 4) is 29.0 Å². The van der Waals surface area contributed by atoms with Crippen LogP contribution in [0.2, 0.25) is 0 Å². The van der Waals surface area contributed by atoms with Crippen molar-refractivity contribution >= 4 is 5.97 Å². The van der Waals surface area contributed by atoms with E-state index in [9.17, 15) is 9.90 Å². The Labute approximate surface area is 187 Å². The normalized spacial score (nSPS) is 13.8. The summed E-state index contributed by atoms with van der Waals surface area (Å²) in [4.78, 5) is 18.1. The number of carboxylic acid groups (broad SMARTS) is 1. The summed E-state index contributed by atoms with van der Waals surface area (Å²) >= 11 is 0. The van der Waals surface area contributed by atoms with E-state index in [1.807, 2.05) is 36.4 Å². The van der Waals surface area contributed by atoms with Gasteiger partial charge in [0.2, 0.25) is 5.88 Å². The lowest BCUT2D eigenvalue weighted by molar-refractivity contribution is 0.0342. The smallest absolute Gasteiger partial charge is 0.335 e. The second-order valence-corrected chi connectivity index (χ2v) is 7.50. The van der Waals surface area contributed by atoms with Crippen molar-refractivity contribution in [2.75, 3.05) is 33.4 Å². The van der Waals surface area contributed by atoms with Crippen molar-refractivity contribution in [2.45, 2.75) is 6.54 Å². The van der Waals surface area contributed by atoms with Crippen LogP contribution in [-0.2, 0) is 11.3 Å². The van der Waals surface area contributed by atoms with Gasteiger partial charge in [-0.3, -0.25) is 4.90 Å². The molecule has 1 saturated heterocycles. The summed E-state index contributed by atoms with van der Waals surface area (Å²) in [7, 11) is 1.46. The molecule has 4 rings (SSSR count). The van der Waals surface area contributed by atoms with Crippen LogP contribution < -0.4 is 4.74 Å². The highest BCUT2D eigenvalue weighted by Gasteiger charge is 2.11. The zero-order valence-corrected chi connectivity index (χ0v) is 17.9. The molecule has 1 aromatic heterocycles. The van der Waals surface area contributed by atoms with E-state index in [1.165, 1.54) is 24.8 Å². The molecule has 1 aliphatic heterocycles. The van der Waals surface area contributed by atoms with E-state index in [4.69, 9.17) is 9.47 Å². The van der Waals surface area contributed by atoms with Crippen LogP contribution in [0.3, 0.4) is 0 Å². The summed E-state index contributed by atoms with van der Waals surface area (Å²) in [6.45, 7) is 4.48. The molecule has 0 atom stereocenters. The van der Waals surface area contributed by atoms with E-state index in [1.54, 1.807) is 0 Å². The van der Waals surface area contributed by atoms with Gasteiger partial charge in [-0.05, 0) is 35.9 Å². The summed E-state index contributed by atoms with van der Waals surface area (Å²) in [6, 6.07) is 18.8. The van der Waals surface area contributed by atoms with Crippen LogP contribution in [0.5, 0.6) is 5.88 Å². The summed E-state index contributed by atoms with van der Waals surface area (Å²) in [5.74, 6) is 5.61. The minimum atomic E-state index is -1.02. The molecule has 1 N–H and O–H groups in total. The molecular weight excluding hydrogens is 404 g/mol. The molecule has 162 valence electrons. The molecule has 0 aliphatic carbocycles. The van der Waals surface area contributed by atoms with Gasteiger partial charge in [-0.2, -0.15) is 0 Å². The molecule has 1 aliphatic rings. The number of aromatic carboxylic acids is 1. The van der Waals surface area contributed by atoms with Gasteiger partial charge in [-0.25, -0.2) is 9.78 Å². The number of methoxy groups -OCH3 is 1. The Kier molecular flexibility index (Phi) is 6.81. The average Bonchev–Trinajstić information content (AvgIpc) is 2.84. The molecule has 6 heteroatoms. The van der Waals surface area contributed by atoms with Crippen molar-refractivity contribution in [1.29, 1.82) is 0 Å². The first kappa shape index (κ1) is 21.6. The molecule has 1 fully saturated rings. The van der Waals surface area contributed by atoms with Gasteiger partial charge in [0, 0.05) is 42.4 Å². The van der Waals surface area contributed by atoms with Crippen LogP contribution >= 0.6 is 0 Å². The maximum Gasteiger partial charge on any atom is 0.335 e. The zero-order valence-electron chi connectivity index (χ0n) is 17.9. The standard InChI is InChI=1S/C26H24N2O4/c1-31-25-17-23(26(29)30)16-24(27-25)22-10-8-20(9-11-22)3-2-19-4-6-21(7-5-19)18-28-12-14-32-15-13-28/h4-11,16-17H,12-15,18H2,1H3,(H,29,30). The number of morpholine rings is 1. The predicted molar refractivity (Wildman–Crippen MR) is 122 cm³/mol. The van der Waals surface area contributed by atoms with Gasteiger partial charge in [0.1, 0.15) is 0 Å². The monoisotopic (exact) mass is 428 g/mol. The first-order valence-electron chi connectivity index (χ1n) is 10.4. The topological polar surface area (TPSA) is 71.9 Å². The third-order valence-corrected chi connectivity index (χ3v) is 5.25. The maximum atomic E-state index is 11.3. The summed E-state index contributed by atoms with van der Waals surface area (Å²) in [5, 5.41) is 9.29. The molecule has 3 aromatic rings. The van der Waals surface area contributed by atoms with Gasteiger partial charge in [0.05, 0.1) is 31.6 Å². The Morgan fingerprint density at radius 2 is 1.66 bits per heavy atom. The molecule has 0 spiro atoms. The minimum Gasteiger partial charge on any atom is -0.481 e. The van der Waals surface area contributed by atoms with Crippen molar-refractivity contribution in [2.24, 2.45) is 0 Å². The van der Waals surface area contributed by atoms with Crippen LogP contribution in [0.1, 0.15) is 27.0 Å². The average molecular weight is 428 g/mol. The molecular formula is C26H24N2O4. The highest BCUT2D eigenvalue weighted by molar-refractivity contribution is 5.89. The third kappa shape index (κ3) is 5.52. The lowest BCUT2D eigenvalue weighted by Gasteiger charge is -2.26. The Balaban J connectivity index is 1.44. The first-order valence-corrected chi connectivity index (χ1v) is 10.4. The van der Waals surface area contributed by atoms with E-state index in [-0.39, 0.29) is 11.4 Å². The molecule has 2 heterocycles. The number of rotatable bonds is 5. The largest absolute Gasteiger partial charge is 0.481 e. The summed E-state index contributed by atoms with van der Waals surface area (Å²) in [5.41, 5.74) is 4.57. The van der Waals surface area contributed by atoms with Crippen LogP contribution in [0, 0.1) is 11.8 Å². The van der Waals surface area contributed by atoms with Crippen LogP contribution in [0.25, 0.3) is 11.3 Å². The fourth-order valence-electron chi connectivity index (χ4n) is 3.46. The second-order valence-electron chi connectivity index (χ2n) is 7.50. The van der Waals surface area contributed by atoms with Crippen LogP contribution in [0.15, 0.2) is 60.7 Å². The van der Waals surface area contributed by atoms with Gasteiger partial charge in [0.25, 0.3) is 0 Å². The Hall–Kier alpha value is -3.66. The van der Waals surface area contributed by atoms with Gasteiger partial charge in [0.15, 0.2) is 0 Å². The van der Waals surface area contributed by atoms with Crippen molar-refractivity contribution in [3.63, 3.8) is 0 Å². The Morgan fingerprint density at radius 3 is 2.25 bits per heavy atom. The van der Waals surface area contributed by atoms with Gasteiger partial charge in [-0.1, -0.05) is 36.1 Å². The molecule has 32 heavy (non-hydrogen) atoms. The van der Waals surface area contributed by atoms with Crippen LogP contribution in [-0.4, -0.2) is 54.4 Å². The molecule has 6 nitrogen and oxygen atoms in total. The molecule has 2 aromatic carbocycles. The number of benzene rings is 2. The zero-order chi connectivity index (χ0) is 22.3. The first-order chi connectivity index (χ1) is 15.6. The highest BCUT2D eigenvalue weighted by atomic mass is 16.5. The number of carbonyl (C=O) groups is 1. The summed E-state index contributed by atoms with van der Waals surface area (Å²) in [6.07, 6.45) is 0. The van der Waals surface area contributed by atoms with E-state index in [2.05, 4.69) is 33.9 Å². The molecule has 0 saturated carbocycles. The number of aromatic nitrogens is 1. The Bertz CT molecular complexity index is 1140. The van der Waals surface area contributed by atoms with Crippen molar-refractivity contribution in [3.05, 3.63) is 82.9 Å². The predicted octanol–water partition coefficient (Wildman–Crippen LogP) is 3.69. The van der Waals surface area contributed by atoms with Crippen molar-refractivity contribution < 1.29 is 19.4 Å². The highest BCUT2D eigenvalue weighted by Crippen LogP contribution is 2.23. The van der Waals surface area contributed by atoms with Gasteiger partial charge in [-0.15, -0.1) is 0 Å². The molecule has 0 bridgehead atoms. The van der Waals surface area contributed by atoms with Crippen LogP contribution in [0.4, 0.5) is 0 Å². The number of ether oxygens (including phenoxy) is 2. The quantitative estimate of drug-likeness (QED) is 0.625. The second kappa shape index (κ2) is 10.1. The maximum absolute atomic E-state index is 11.3. The van der Waals surface area contributed by atoms with Gasteiger partial charge < -0.3 is 14.6 Å². The number of carboxylic acids is 1. The number of nitrogens with zero attached hydrogens (tertiary/aromatic N) is 2. The number of hydrogen-bond donors (Lipinski definition) is 1. The molecule has 0 unspecified atom stereocenters. The summed E-state index contributed by atoms with van der Waals surface area (Å²) < 4.78 is 10.5. The van der Waals surface area contributed by atoms with E-state index < -0.39 is 5.97 Å². The van der Waals surface area contributed by atoms with E-state index in [0.717, 1.165) is 49.5 Å². The Morgan fingerprint density at radius 1 is 1.03 bits per heavy atom. The third-order valence-electron chi connectivity index (χ3n) is 5.25. The fraction of sp³-hybridized carbons (Fsp3) is 0.231. The number of hydrogen-bond acceptors (Lipinski definition) is 5. The van der Waals surface area contributed by atoms with Crippen molar-refractivity contribution in [1.82, 2.24) is 9.88 Å². The lowest BCUT2D eigenvalue weighted by Crippen LogP contribution is -2.35. The fourth-order valence-corrected chi connectivity index (χ4v) is 3.46. The van der Waals surface area contributed by atoms with Gasteiger partial charge >= 0.3 is 5.97 Å². The van der Waals surface area contributed by atoms with E-state index in [0.29, 0.717) is 5.69 Å². The number of pyridine rings is 1. The molecule has 0 radical (unpaired) electrons. The SMILES string of the molecule is COc1cc(C(=O)O)cc(-c2ccc(C#Cc3ccc(CN4CCOCC4)cc3)cc2)n1.